The van der Waals surface area contributed by atoms with E-state index in [1.165, 1.54) is 19.1 Å². The molecule has 1 aliphatic heterocycles. The predicted octanol–water partition coefficient (Wildman–Crippen LogP) is 4.80. The third-order valence-electron chi connectivity index (χ3n) is 6.21. The number of benzene rings is 2. The molecule has 3 atom stereocenters. The van der Waals surface area contributed by atoms with Gasteiger partial charge in [-0.2, -0.15) is 5.01 Å². The smallest absolute Gasteiger partial charge is 0.273 e. The topological polar surface area (TPSA) is 74.8 Å². The molecule has 0 radical (unpaired) electrons. The zero-order chi connectivity index (χ0) is 23.0. The van der Waals surface area contributed by atoms with Gasteiger partial charge in [-0.25, -0.2) is 5.01 Å². The Hall–Kier alpha value is -2.70. The van der Waals surface area contributed by atoms with Crippen molar-refractivity contribution in [2.45, 2.75) is 38.6 Å². The molecule has 2 fully saturated rings. The summed E-state index contributed by atoms with van der Waals surface area (Å²) >= 11 is 11.9. The second-order valence-corrected chi connectivity index (χ2v) is 9.06. The Morgan fingerprint density at radius 2 is 1.28 bits per heavy atom. The number of hydrogen-bond acceptors (Lipinski definition) is 4. The number of halogens is 2. The van der Waals surface area contributed by atoms with E-state index in [0.717, 1.165) is 22.9 Å². The fourth-order valence-corrected chi connectivity index (χ4v) is 4.74. The van der Waals surface area contributed by atoms with E-state index in [1.807, 2.05) is 0 Å². The minimum absolute atomic E-state index is 0.223. The van der Waals surface area contributed by atoms with Crippen molar-refractivity contribution >= 4 is 46.7 Å². The van der Waals surface area contributed by atoms with Crippen molar-refractivity contribution in [3.8, 4) is 0 Å². The molecule has 2 aromatic carbocycles. The van der Waals surface area contributed by atoms with Crippen LogP contribution in [0.4, 0.5) is 0 Å². The van der Waals surface area contributed by atoms with Crippen molar-refractivity contribution in [2.24, 2.45) is 11.8 Å². The van der Waals surface area contributed by atoms with Crippen LogP contribution in [-0.2, 0) is 9.59 Å². The Morgan fingerprint density at radius 1 is 0.844 bits per heavy atom. The first-order valence-electron chi connectivity index (χ1n) is 10.6. The van der Waals surface area contributed by atoms with E-state index in [-0.39, 0.29) is 5.56 Å². The van der Waals surface area contributed by atoms with Crippen LogP contribution in [0.25, 0.3) is 0 Å². The third-order valence-corrected chi connectivity index (χ3v) is 6.71. The van der Waals surface area contributed by atoms with E-state index >= 15 is 0 Å². The average molecular weight is 473 g/mol. The minimum Gasteiger partial charge on any atom is -0.292 e. The first kappa shape index (κ1) is 22.5. The summed E-state index contributed by atoms with van der Waals surface area (Å²) < 4.78 is 0. The Bertz CT molecular complexity index is 1040. The molecule has 1 aliphatic carbocycles. The molecule has 4 rings (SSSR count). The highest BCUT2D eigenvalue weighted by atomic mass is 35.5. The molecule has 2 aromatic rings. The van der Waals surface area contributed by atoms with Crippen LogP contribution in [0.15, 0.2) is 48.5 Å². The molecule has 0 N–H and O–H groups in total. The van der Waals surface area contributed by atoms with Gasteiger partial charge in [0.05, 0.1) is 11.8 Å². The highest BCUT2D eigenvalue weighted by Gasteiger charge is 2.53. The number of imide groups is 1. The lowest BCUT2D eigenvalue weighted by atomic mass is 9.81. The number of carbonyl (C=O) groups excluding carboxylic acids is 4. The van der Waals surface area contributed by atoms with Gasteiger partial charge in [0.2, 0.25) is 0 Å². The first-order valence-corrected chi connectivity index (χ1v) is 11.3. The average Bonchev–Trinajstić information content (AvgIpc) is 3.05. The maximum Gasteiger partial charge on any atom is 0.273 e. The zero-order valence-corrected chi connectivity index (χ0v) is 19.0. The van der Waals surface area contributed by atoms with Crippen molar-refractivity contribution in [1.82, 2.24) is 10.0 Å². The van der Waals surface area contributed by atoms with E-state index in [0.29, 0.717) is 28.5 Å². The Morgan fingerprint density at radius 3 is 1.75 bits per heavy atom. The van der Waals surface area contributed by atoms with Crippen LogP contribution in [0.3, 0.4) is 0 Å². The molecule has 0 unspecified atom stereocenters. The first-order chi connectivity index (χ1) is 15.3. The summed E-state index contributed by atoms with van der Waals surface area (Å²) in [6, 6.07) is 11.3. The van der Waals surface area contributed by atoms with Gasteiger partial charge in [-0.05, 0) is 68.3 Å². The largest absolute Gasteiger partial charge is 0.292 e. The predicted molar refractivity (Wildman–Crippen MR) is 120 cm³/mol. The second kappa shape index (κ2) is 9.04. The summed E-state index contributed by atoms with van der Waals surface area (Å²) in [4.78, 5) is 53.3. The van der Waals surface area contributed by atoms with Crippen LogP contribution in [0.5, 0.6) is 0 Å². The molecular weight excluding hydrogens is 451 g/mol. The van der Waals surface area contributed by atoms with Crippen molar-refractivity contribution in [2.75, 3.05) is 0 Å². The summed E-state index contributed by atoms with van der Waals surface area (Å²) in [5.41, 5.74) is 0.549. The lowest BCUT2D eigenvalue weighted by Crippen LogP contribution is -2.56. The van der Waals surface area contributed by atoms with Crippen molar-refractivity contribution < 1.29 is 19.2 Å². The molecule has 1 saturated carbocycles. The van der Waals surface area contributed by atoms with Gasteiger partial charge in [0, 0.05) is 21.2 Å². The van der Waals surface area contributed by atoms with Crippen LogP contribution in [0.2, 0.25) is 10.0 Å². The number of Topliss-reactive ketones (excluding diaryl/α,β-unsaturated/α-hetero) is 1. The van der Waals surface area contributed by atoms with E-state index in [4.69, 9.17) is 23.2 Å². The second-order valence-electron chi connectivity index (χ2n) is 8.19. The molecular formula is C24H22Cl2N2O4. The van der Waals surface area contributed by atoms with Gasteiger partial charge in [-0.1, -0.05) is 36.0 Å². The standard InChI is InChI=1S/C24H22Cl2N2O4/c1-14(21(29)15-6-10-17(25)11-7-15)27(22(30)16-8-12-18(26)13-9-16)28-23(31)19-4-2-3-5-20(19)24(28)32/h6-14,19-20H,2-5H2,1H3/t14-,19-,20-/m1/s1. The lowest BCUT2D eigenvalue weighted by Gasteiger charge is -2.34. The number of carbonyl (C=O) groups is 4. The summed E-state index contributed by atoms with van der Waals surface area (Å²) in [7, 11) is 0. The minimum atomic E-state index is -1.09. The monoisotopic (exact) mass is 472 g/mol. The van der Waals surface area contributed by atoms with E-state index in [1.54, 1.807) is 36.4 Å². The lowest BCUT2D eigenvalue weighted by molar-refractivity contribution is -0.156. The number of rotatable bonds is 5. The summed E-state index contributed by atoms with van der Waals surface area (Å²) in [5, 5.41) is 2.84. The number of hydrogen-bond donors (Lipinski definition) is 0. The van der Waals surface area contributed by atoms with Crippen molar-refractivity contribution in [3.63, 3.8) is 0 Å². The SMILES string of the molecule is C[C@H](C(=O)c1ccc(Cl)cc1)N(C(=O)c1ccc(Cl)cc1)N1C(=O)[C@@H]2CCCC[C@H]2C1=O. The van der Waals surface area contributed by atoms with Gasteiger partial charge in [0.1, 0.15) is 6.04 Å². The number of nitrogens with zero attached hydrogens (tertiary/aromatic N) is 2. The highest BCUT2D eigenvalue weighted by Crippen LogP contribution is 2.39. The van der Waals surface area contributed by atoms with E-state index in [2.05, 4.69) is 0 Å². The molecule has 0 spiro atoms. The molecule has 8 heteroatoms. The normalized spacial score (nSPS) is 21.3. The van der Waals surface area contributed by atoms with Gasteiger partial charge in [0.25, 0.3) is 17.7 Å². The molecule has 0 bridgehead atoms. The number of amides is 3. The molecule has 0 aromatic heterocycles. The van der Waals surface area contributed by atoms with Crippen LogP contribution < -0.4 is 0 Å². The van der Waals surface area contributed by atoms with Crippen molar-refractivity contribution in [3.05, 3.63) is 69.7 Å². The van der Waals surface area contributed by atoms with E-state index < -0.39 is 41.4 Å². The summed E-state index contributed by atoms with van der Waals surface area (Å²) in [6.07, 6.45) is 2.93. The molecule has 32 heavy (non-hydrogen) atoms. The fraction of sp³-hybridized carbons (Fsp3) is 0.333. The third kappa shape index (κ3) is 4.05. The Balaban J connectivity index is 1.74. The Labute approximate surface area is 196 Å². The van der Waals surface area contributed by atoms with Crippen LogP contribution in [0.1, 0.15) is 53.3 Å². The maximum atomic E-state index is 13.5. The fourth-order valence-electron chi connectivity index (χ4n) is 4.49. The molecule has 6 nitrogen and oxygen atoms in total. The van der Waals surface area contributed by atoms with Gasteiger partial charge in [0.15, 0.2) is 5.78 Å². The quantitative estimate of drug-likeness (QED) is 0.462. The number of ketones is 1. The molecule has 1 saturated heterocycles. The Kier molecular flexibility index (Phi) is 6.35. The molecule has 1 heterocycles. The van der Waals surface area contributed by atoms with E-state index in [9.17, 15) is 19.2 Å². The van der Waals surface area contributed by atoms with Crippen LogP contribution in [-0.4, -0.2) is 39.6 Å². The van der Waals surface area contributed by atoms with Crippen LogP contribution in [0, 0.1) is 11.8 Å². The van der Waals surface area contributed by atoms with Crippen LogP contribution >= 0.6 is 23.2 Å². The van der Waals surface area contributed by atoms with Gasteiger partial charge < -0.3 is 0 Å². The maximum absolute atomic E-state index is 13.5. The zero-order valence-electron chi connectivity index (χ0n) is 17.5. The number of fused-ring (bicyclic) bond motifs is 1. The molecule has 3 amide bonds. The van der Waals surface area contributed by atoms with Gasteiger partial charge in [-0.15, -0.1) is 0 Å². The summed E-state index contributed by atoms with van der Waals surface area (Å²) in [5.74, 6) is -2.75. The highest BCUT2D eigenvalue weighted by molar-refractivity contribution is 6.31. The van der Waals surface area contributed by atoms with Crippen molar-refractivity contribution in [1.29, 1.82) is 0 Å². The number of hydrazine groups is 1. The van der Waals surface area contributed by atoms with Gasteiger partial charge >= 0.3 is 0 Å². The molecule has 2 aliphatic rings. The molecule has 166 valence electrons. The van der Waals surface area contributed by atoms with Gasteiger partial charge in [-0.3, -0.25) is 19.2 Å². The summed E-state index contributed by atoms with van der Waals surface area (Å²) in [6.45, 7) is 1.52.